The highest BCUT2D eigenvalue weighted by Crippen LogP contribution is 2.48. The molecule has 0 aliphatic heterocycles. The van der Waals surface area contributed by atoms with Crippen molar-refractivity contribution in [3.05, 3.63) is 152 Å². The van der Waals surface area contributed by atoms with Crippen molar-refractivity contribution in [2.75, 3.05) is 0 Å². The third-order valence-corrected chi connectivity index (χ3v) is 9.53. The van der Waals surface area contributed by atoms with Crippen LogP contribution in [0.1, 0.15) is 0 Å². The minimum Gasteiger partial charge on any atom is -0.264 e. The molecule has 0 fully saturated rings. The number of hydrogen-bond acceptors (Lipinski definition) is 5. The van der Waals surface area contributed by atoms with E-state index in [9.17, 15) is 0 Å². The van der Waals surface area contributed by atoms with Gasteiger partial charge < -0.3 is 0 Å². The maximum absolute atomic E-state index is 4.99. The third kappa shape index (κ3) is 3.94. The highest BCUT2D eigenvalue weighted by atomic mass is 14.8. The first-order valence-electron chi connectivity index (χ1n) is 16.0. The van der Waals surface area contributed by atoms with Crippen LogP contribution < -0.4 is 0 Å². The maximum Gasteiger partial charge on any atom is 0.116 e. The largest absolute Gasteiger partial charge is 0.264 e. The van der Waals surface area contributed by atoms with Crippen LogP contribution >= 0.6 is 0 Å². The van der Waals surface area contributed by atoms with Crippen LogP contribution in [0.2, 0.25) is 0 Å². The Balaban J connectivity index is 1.48. The molecule has 0 bridgehead atoms. The molecule has 3 heterocycles. The second-order valence-electron chi connectivity index (χ2n) is 12.1. The molecule has 3 aromatic heterocycles. The standard InChI is InChI=1S/C43H25N5/c1-2-12-28-26(10-1)20-33(27-11-9-19-44-23-27)35-22-37-36(21-34(28)35)40(42-31-15-5-7-17-38(31)45-24-47-42)29-13-3-4-14-30(29)41(37)43-32-16-6-8-18-39(32)46-25-48-43/h1-25H. The average molecular weight is 612 g/mol. The second kappa shape index (κ2) is 10.5. The summed E-state index contributed by atoms with van der Waals surface area (Å²) in [5.41, 5.74) is 8.01. The van der Waals surface area contributed by atoms with E-state index < -0.39 is 0 Å². The minimum atomic E-state index is 0.906. The van der Waals surface area contributed by atoms with Gasteiger partial charge in [-0.05, 0) is 85.1 Å². The summed E-state index contributed by atoms with van der Waals surface area (Å²) in [4.78, 5) is 23.7. The molecule has 0 aliphatic rings. The molecule has 222 valence electrons. The van der Waals surface area contributed by atoms with E-state index in [1.807, 2.05) is 36.7 Å². The van der Waals surface area contributed by atoms with Gasteiger partial charge in [-0.1, -0.05) is 91.0 Å². The van der Waals surface area contributed by atoms with Crippen molar-refractivity contribution >= 4 is 64.9 Å². The first kappa shape index (κ1) is 26.6. The van der Waals surface area contributed by atoms with Crippen molar-refractivity contribution in [2.24, 2.45) is 0 Å². The number of rotatable bonds is 3. The van der Waals surface area contributed by atoms with E-state index in [1.54, 1.807) is 12.7 Å². The van der Waals surface area contributed by atoms with Crippen LogP contribution in [0, 0.1) is 0 Å². The molecule has 0 spiro atoms. The van der Waals surface area contributed by atoms with Gasteiger partial charge in [0.25, 0.3) is 0 Å². The van der Waals surface area contributed by atoms with Gasteiger partial charge in [-0.2, -0.15) is 0 Å². The molecule has 48 heavy (non-hydrogen) atoms. The SMILES string of the molecule is c1cncc(-c2cc3ccccc3c3cc4c(-c5ncnc6ccccc56)c5ccccc5c(-c5ncnc6ccccc56)c4cc23)c1. The van der Waals surface area contributed by atoms with Crippen molar-refractivity contribution < 1.29 is 0 Å². The highest BCUT2D eigenvalue weighted by molar-refractivity contribution is 6.28. The quantitative estimate of drug-likeness (QED) is 0.147. The van der Waals surface area contributed by atoms with Crippen LogP contribution in [-0.2, 0) is 0 Å². The molecule has 0 radical (unpaired) electrons. The van der Waals surface area contributed by atoms with Gasteiger partial charge in [0.15, 0.2) is 0 Å². The van der Waals surface area contributed by atoms with Gasteiger partial charge in [0.1, 0.15) is 12.7 Å². The molecule has 0 N–H and O–H groups in total. The molecule has 0 atom stereocenters. The summed E-state index contributed by atoms with van der Waals surface area (Å²) in [7, 11) is 0. The predicted octanol–water partition coefficient (Wildman–Crippen LogP) is 10.6. The Morgan fingerprint density at radius 1 is 0.375 bits per heavy atom. The molecule has 0 saturated carbocycles. The summed E-state index contributed by atoms with van der Waals surface area (Å²) in [5, 5.41) is 11.2. The number of para-hydroxylation sites is 2. The lowest BCUT2D eigenvalue weighted by Crippen LogP contribution is -1.97. The summed E-state index contributed by atoms with van der Waals surface area (Å²) < 4.78 is 0. The molecule has 0 unspecified atom stereocenters. The number of aromatic nitrogens is 5. The van der Waals surface area contributed by atoms with Crippen LogP contribution in [0.4, 0.5) is 0 Å². The highest BCUT2D eigenvalue weighted by Gasteiger charge is 2.23. The lowest BCUT2D eigenvalue weighted by Gasteiger charge is -2.20. The fourth-order valence-corrected chi connectivity index (χ4v) is 7.45. The molecule has 10 rings (SSSR count). The van der Waals surface area contributed by atoms with E-state index in [2.05, 4.69) is 118 Å². The number of fused-ring (bicyclic) bond motifs is 7. The number of benzene rings is 7. The number of hydrogen-bond donors (Lipinski definition) is 0. The Labute approximate surface area is 275 Å². The Kier molecular flexibility index (Phi) is 5.81. The second-order valence-corrected chi connectivity index (χ2v) is 12.1. The monoisotopic (exact) mass is 611 g/mol. The van der Waals surface area contributed by atoms with Gasteiger partial charge in [0.05, 0.1) is 22.4 Å². The zero-order chi connectivity index (χ0) is 31.6. The molecular formula is C43H25N5. The molecule has 5 nitrogen and oxygen atoms in total. The Bertz CT molecular complexity index is 2890. The third-order valence-electron chi connectivity index (χ3n) is 9.53. The van der Waals surface area contributed by atoms with Crippen molar-refractivity contribution in [2.45, 2.75) is 0 Å². The first-order valence-corrected chi connectivity index (χ1v) is 16.0. The van der Waals surface area contributed by atoms with Crippen LogP contribution in [0.15, 0.2) is 152 Å². The van der Waals surface area contributed by atoms with Gasteiger partial charge >= 0.3 is 0 Å². The van der Waals surface area contributed by atoms with E-state index in [4.69, 9.17) is 9.97 Å². The van der Waals surface area contributed by atoms with Crippen LogP contribution in [0.5, 0.6) is 0 Å². The normalized spacial score (nSPS) is 11.8. The molecule has 7 aromatic carbocycles. The first-order chi connectivity index (χ1) is 23.8. The van der Waals surface area contributed by atoms with E-state index in [1.165, 1.54) is 16.2 Å². The summed E-state index contributed by atoms with van der Waals surface area (Å²) >= 11 is 0. The van der Waals surface area contributed by atoms with E-state index >= 15 is 0 Å². The zero-order valence-electron chi connectivity index (χ0n) is 25.7. The zero-order valence-corrected chi connectivity index (χ0v) is 25.7. The Morgan fingerprint density at radius 3 is 1.52 bits per heavy atom. The minimum absolute atomic E-state index is 0.906. The molecule has 0 saturated heterocycles. The van der Waals surface area contributed by atoms with E-state index in [-0.39, 0.29) is 0 Å². The van der Waals surface area contributed by atoms with Crippen molar-refractivity contribution in [1.29, 1.82) is 0 Å². The predicted molar refractivity (Wildman–Crippen MR) is 197 cm³/mol. The van der Waals surface area contributed by atoms with Crippen molar-refractivity contribution in [1.82, 2.24) is 24.9 Å². The van der Waals surface area contributed by atoms with Gasteiger partial charge in [0, 0.05) is 39.9 Å². The summed E-state index contributed by atoms with van der Waals surface area (Å²) in [6.07, 6.45) is 7.14. The van der Waals surface area contributed by atoms with Crippen LogP contribution in [0.25, 0.3) is 98.5 Å². The maximum atomic E-state index is 4.99. The Morgan fingerprint density at radius 2 is 0.917 bits per heavy atom. The lowest BCUT2D eigenvalue weighted by atomic mass is 9.84. The molecule has 10 aromatic rings. The average Bonchev–Trinajstić information content (AvgIpc) is 3.16. The molecule has 0 amide bonds. The summed E-state index contributed by atoms with van der Waals surface area (Å²) in [5.74, 6) is 0. The van der Waals surface area contributed by atoms with Gasteiger partial charge in [-0.3, -0.25) is 4.98 Å². The van der Waals surface area contributed by atoms with E-state index in [0.717, 1.165) is 82.4 Å². The van der Waals surface area contributed by atoms with Crippen LogP contribution in [0.3, 0.4) is 0 Å². The fourth-order valence-electron chi connectivity index (χ4n) is 7.45. The summed E-state index contributed by atoms with van der Waals surface area (Å²) in [6.45, 7) is 0. The Hall–Kier alpha value is -6.59. The fraction of sp³-hybridized carbons (Fsp3) is 0. The number of pyridine rings is 1. The van der Waals surface area contributed by atoms with Gasteiger partial charge in [-0.15, -0.1) is 0 Å². The molecular weight excluding hydrogens is 587 g/mol. The molecule has 5 heteroatoms. The van der Waals surface area contributed by atoms with Gasteiger partial charge in [0.2, 0.25) is 0 Å². The smallest absolute Gasteiger partial charge is 0.116 e. The topological polar surface area (TPSA) is 64.5 Å². The van der Waals surface area contributed by atoms with Crippen LogP contribution in [-0.4, -0.2) is 24.9 Å². The van der Waals surface area contributed by atoms with E-state index in [0.29, 0.717) is 0 Å². The van der Waals surface area contributed by atoms with Crippen molar-refractivity contribution in [3.63, 3.8) is 0 Å². The van der Waals surface area contributed by atoms with Crippen molar-refractivity contribution in [3.8, 4) is 33.6 Å². The van der Waals surface area contributed by atoms with Gasteiger partial charge in [-0.25, -0.2) is 19.9 Å². The molecule has 0 aliphatic carbocycles. The lowest BCUT2D eigenvalue weighted by molar-refractivity contribution is 1.23. The summed E-state index contributed by atoms with van der Waals surface area (Å²) in [6, 6.07) is 44.9. The number of nitrogens with zero attached hydrogens (tertiary/aromatic N) is 5.